The predicted octanol–water partition coefficient (Wildman–Crippen LogP) is 4.10. The van der Waals surface area contributed by atoms with E-state index in [9.17, 15) is 0 Å². The van der Waals surface area contributed by atoms with Crippen LogP contribution in [-0.2, 0) is 61.6 Å². The van der Waals surface area contributed by atoms with Crippen LogP contribution >= 0.6 is 69.6 Å². The molecule has 19 heteroatoms. The molecule has 0 aromatic carbocycles. The third-order valence-electron chi connectivity index (χ3n) is 4.73. The Kier molecular flexibility index (Phi) is 32.1. The first kappa shape index (κ1) is 42.2. The topological polar surface area (TPSA) is 120 Å². The summed E-state index contributed by atoms with van der Waals surface area (Å²) < 4.78 is 70.8. The summed E-state index contributed by atoms with van der Waals surface area (Å²) >= 11 is 33.5. The Balaban J connectivity index is 5.70. The van der Waals surface area contributed by atoms with Crippen LogP contribution in [-0.4, -0.2) is 130 Å². The summed E-state index contributed by atoms with van der Waals surface area (Å²) in [5, 5.41) is 0. The van der Waals surface area contributed by atoms with Crippen molar-refractivity contribution in [1.29, 1.82) is 0 Å². The van der Waals surface area contributed by atoms with E-state index >= 15 is 0 Å². The van der Waals surface area contributed by atoms with Crippen molar-refractivity contribution in [2.45, 2.75) is 0 Å². The van der Waals surface area contributed by atoms with E-state index < -0.39 is 10.8 Å². The second kappa shape index (κ2) is 31.2. The minimum Gasteiger partial charge on any atom is -0.380 e. The van der Waals surface area contributed by atoms with Crippen LogP contribution in [0.2, 0.25) is 0 Å². The van der Waals surface area contributed by atoms with Crippen molar-refractivity contribution in [2.75, 3.05) is 130 Å². The molecule has 0 bridgehead atoms. The molecule has 0 aliphatic rings. The largest absolute Gasteiger partial charge is 0.380 e. The highest BCUT2D eigenvalue weighted by molar-refractivity contribution is 6.17. The molecule has 0 aliphatic carbocycles. The Morgan fingerprint density at radius 2 is 0.415 bits per heavy atom. The van der Waals surface area contributed by atoms with E-state index in [1.807, 2.05) is 0 Å². The first-order chi connectivity index (χ1) is 20.1. The number of halogens is 6. The third-order valence-corrected chi connectivity index (χ3v) is 5.65. The average Bonchev–Trinajstić information content (AvgIpc) is 2.98. The third kappa shape index (κ3) is 24.2. The van der Waals surface area contributed by atoms with Crippen LogP contribution in [0.4, 0.5) is 0 Å². The van der Waals surface area contributed by atoms with E-state index in [4.69, 9.17) is 131 Å². The number of hydrogen-bond acceptors (Lipinski definition) is 13. The molecular weight excluding hydrogens is 685 g/mol. The summed E-state index contributed by atoms with van der Waals surface area (Å²) in [7, 11) is 0. The van der Waals surface area contributed by atoms with Crippen LogP contribution in [0.3, 0.4) is 0 Å². The van der Waals surface area contributed by atoms with Gasteiger partial charge in [-0.2, -0.15) is 0 Å². The number of rotatable bonds is 34. The van der Waals surface area contributed by atoms with Gasteiger partial charge in [-0.3, -0.25) is 0 Å². The summed E-state index contributed by atoms with van der Waals surface area (Å²) in [6.45, 7) is 0.327. The van der Waals surface area contributed by atoms with Gasteiger partial charge in [0, 0.05) is 0 Å². The van der Waals surface area contributed by atoms with E-state index in [0.717, 1.165) is 0 Å². The number of hydrogen-bond donors (Lipinski definition) is 0. The molecule has 0 atom stereocenters. The fourth-order valence-electron chi connectivity index (χ4n) is 3.08. The Morgan fingerprint density at radius 1 is 0.244 bits per heavy atom. The zero-order valence-electron chi connectivity index (χ0n) is 22.7. The van der Waals surface area contributed by atoms with Crippen molar-refractivity contribution < 1.29 is 61.6 Å². The van der Waals surface area contributed by atoms with Crippen LogP contribution in [0.1, 0.15) is 0 Å². The molecule has 0 saturated carbocycles. The zero-order valence-corrected chi connectivity index (χ0v) is 27.3. The van der Waals surface area contributed by atoms with Gasteiger partial charge >= 0.3 is 0 Å². The summed E-state index contributed by atoms with van der Waals surface area (Å²) in [4.78, 5) is 0. The van der Waals surface area contributed by atoms with Crippen molar-refractivity contribution in [3.05, 3.63) is 0 Å². The lowest BCUT2D eigenvalue weighted by molar-refractivity contribution is -0.189. The van der Waals surface area contributed by atoms with E-state index in [2.05, 4.69) is 0 Å². The summed E-state index contributed by atoms with van der Waals surface area (Å²) in [6.07, 6.45) is 0. The SMILES string of the molecule is ClCOCOCC(COCOCCl)(COCOCCl)COCC(COCOCCl)(COCOCCl)COCOCCl. The number of alkyl halides is 6. The van der Waals surface area contributed by atoms with E-state index in [0.29, 0.717) is 0 Å². The van der Waals surface area contributed by atoms with Crippen LogP contribution in [0.15, 0.2) is 0 Å². The molecule has 0 radical (unpaired) electrons. The van der Waals surface area contributed by atoms with Gasteiger partial charge in [-0.05, 0) is 0 Å². The molecule has 0 spiro atoms. The molecule has 0 aromatic heterocycles. The Morgan fingerprint density at radius 3 is 0.585 bits per heavy atom. The lowest BCUT2D eigenvalue weighted by Gasteiger charge is -2.36. The van der Waals surface area contributed by atoms with Gasteiger partial charge < -0.3 is 61.6 Å². The molecule has 0 saturated heterocycles. The monoisotopic (exact) mass is 722 g/mol. The van der Waals surface area contributed by atoms with Gasteiger partial charge in [0.05, 0.1) is 63.7 Å². The summed E-state index contributed by atoms with van der Waals surface area (Å²) in [6, 6.07) is -0.247. The molecule has 0 amide bonds. The average molecular weight is 725 g/mol. The smallest absolute Gasteiger partial charge is 0.148 e. The van der Waals surface area contributed by atoms with Crippen molar-refractivity contribution >= 4 is 69.6 Å². The predicted molar refractivity (Wildman–Crippen MR) is 151 cm³/mol. The maximum Gasteiger partial charge on any atom is 0.148 e. The second-order valence-corrected chi connectivity index (χ2v) is 9.48. The van der Waals surface area contributed by atoms with Crippen molar-refractivity contribution in [2.24, 2.45) is 10.8 Å². The van der Waals surface area contributed by atoms with Crippen molar-refractivity contribution in [3.63, 3.8) is 0 Å². The standard InChI is InChI=1S/C22H40Cl6O13/c23-9-36-15-30-3-21(4-31-16-37-10-24,5-32-17-38-11-25)1-29-2-22(6-33-18-39-12-26,7-34-19-40-13-27)8-35-20-41-14-28/h1-20H2. The van der Waals surface area contributed by atoms with Gasteiger partial charge in [0.2, 0.25) is 0 Å². The minimum atomic E-state index is -0.861. The molecule has 0 heterocycles. The minimum absolute atomic E-state index is 0.0412. The second-order valence-electron chi connectivity index (χ2n) is 8.17. The molecule has 0 unspecified atom stereocenters. The Bertz CT molecular complexity index is 442. The van der Waals surface area contributed by atoms with Crippen LogP contribution < -0.4 is 0 Å². The molecule has 13 nitrogen and oxygen atoms in total. The lowest BCUT2D eigenvalue weighted by atomic mass is 9.90. The quantitative estimate of drug-likeness (QED) is 0.0539. The van der Waals surface area contributed by atoms with E-state index in [1.165, 1.54) is 0 Å². The molecule has 0 aliphatic heterocycles. The van der Waals surface area contributed by atoms with Gasteiger partial charge in [0.1, 0.15) is 77.2 Å². The lowest BCUT2D eigenvalue weighted by Crippen LogP contribution is -2.46. The molecule has 0 aromatic rings. The van der Waals surface area contributed by atoms with Crippen molar-refractivity contribution in [3.8, 4) is 0 Å². The molecule has 0 N–H and O–H groups in total. The number of ether oxygens (including phenoxy) is 13. The molecule has 0 rings (SSSR count). The van der Waals surface area contributed by atoms with Crippen LogP contribution in [0.5, 0.6) is 0 Å². The fourth-order valence-corrected chi connectivity index (χ4v) is 3.45. The summed E-state index contributed by atoms with van der Waals surface area (Å²) in [5.41, 5.74) is -1.72. The molecule has 248 valence electrons. The normalized spacial score (nSPS) is 12.4. The van der Waals surface area contributed by atoms with Gasteiger partial charge in [0.25, 0.3) is 0 Å². The molecule has 41 heavy (non-hydrogen) atoms. The van der Waals surface area contributed by atoms with Crippen LogP contribution in [0, 0.1) is 10.8 Å². The van der Waals surface area contributed by atoms with E-state index in [1.54, 1.807) is 0 Å². The highest BCUT2D eigenvalue weighted by Crippen LogP contribution is 2.25. The summed E-state index contributed by atoms with van der Waals surface area (Å²) in [5.74, 6) is 0. The highest BCUT2D eigenvalue weighted by atomic mass is 35.5. The van der Waals surface area contributed by atoms with Gasteiger partial charge in [0.15, 0.2) is 0 Å². The fraction of sp³-hybridized carbons (Fsp3) is 1.00. The first-order valence-electron chi connectivity index (χ1n) is 11.9. The van der Waals surface area contributed by atoms with Gasteiger partial charge in [-0.25, -0.2) is 0 Å². The van der Waals surface area contributed by atoms with Crippen molar-refractivity contribution in [1.82, 2.24) is 0 Å². The Hall–Kier alpha value is 1.22. The Labute approximate surface area is 271 Å². The maximum absolute atomic E-state index is 6.23. The molecular formula is C22H40Cl6O13. The van der Waals surface area contributed by atoms with Gasteiger partial charge in [-0.1, -0.05) is 69.6 Å². The van der Waals surface area contributed by atoms with E-state index in [-0.39, 0.29) is 130 Å². The first-order valence-corrected chi connectivity index (χ1v) is 15.1. The van der Waals surface area contributed by atoms with Gasteiger partial charge in [-0.15, -0.1) is 0 Å². The highest BCUT2D eigenvalue weighted by Gasteiger charge is 2.37. The molecule has 0 fully saturated rings. The maximum atomic E-state index is 6.23. The zero-order chi connectivity index (χ0) is 30.3. The van der Waals surface area contributed by atoms with Crippen LogP contribution in [0.25, 0.3) is 0 Å².